The van der Waals surface area contributed by atoms with E-state index in [1.807, 2.05) is 0 Å². The first kappa shape index (κ1) is 21.7. The SMILES string of the molecule is Cc1cc(-c2ccc(CCC3CCC(C4CCC(C)CC4)CC3)cc2)cc(C)c1C. The fraction of sp³-hybridized carbons (Fsp3) is 0.600. The molecule has 2 saturated carbocycles. The van der Waals surface area contributed by atoms with E-state index in [0.717, 1.165) is 23.7 Å². The van der Waals surface area contributed by atoms with Gasteiger partial charge in [-0.2, -0.15) is 0 Å². The van der Waals surface area contributed by atoms with Crippen molar-refractivity contribution in [3.63, 3.8) is 0 Å². The Morgan fingerprint density at radius 1 is 0.667 bits per heavy atom. The van der Waals surface area contributed by atoms with Gasteiger partial charge in [0.2, 0.25) is 0 Å². The molecule has 0 N–H and O–H groups in total. The third-order valence-electron chi connectivity index (χ3n) is 8.67. The lowest BCUT2D eigenvalue weighted by Crippen LogP contribution is -2.25. The van der Waals surface area contributed by atoms with Gasteiger partial charge in [0.1, 0.15) is 0 Å². The van der Waals surface area contributed by atoms with Crippen molar-refractivity contribution < 1.29 is 0 Å². The summed E-state index contributed by atoms with van der Waals surface area (Å²) in [7, 11) is 0. The predicted molar refractivity (Wildman–Crippen MR) is 131 cm³/mol. The second-order valence-electron chi connectivity index (χ2n) is 10.8. The van der Waals surface area contributed by atoms with Gasteiger partial charge in [0, 0.05) is 0 Å². The number of hydrogen-bond donors (Lipinski definition) is 0. The molecule has 0 saturated heterocycles. The highest BCUT2D eigenvalue weighted by molar-refractivity contribution is 5.66. The van der Waals surface area contributed by atoms with Gasteiger partial charge in [-0.1, -0.05) is 69.0 Å². The summed E-state index contributed by atoms with van der Waals surface area (Å²) in [5.74, 6) is 4.06. The van der Waals surface area contributed by atoms with Gasteiger partial charge in [0.05, 0.1) is 0 Å². The van der Waals surface area contributed by atoms with Crippen LogP contribution in [0.1, 0.15) is 87.0 Å². The molecule has 0 amide bonds. The second-order valence-corrected chi connectivity index (χ2v) is 10.8. The summed E-state index contributed by atoms with van der Waals surface area (Å²) in [6, 6.07) is 14.1. The molecule has 2 aliphatic rings. The minimum atomic E-state index is 0.964. The molecule has 0 aromatic heterocycles. The maximum atomic E-state index is 2.45. The van der Waals surface area contributed by atoms with Crippen molar-refractivity contribution in [3.8, 4) is 11.1 Å². The van der Waals surface area contributed by atoms with Crippen LogP contribution in [-0.2, 0) is 6.42 Å². The summed E-state index contributed by atoms with van der Waals surface area (Å²) < 4.78 is 0. The third kappa shape index (κ3) is 5.19. The van der Waals surface area contributed by atoms with E-state index >= 15 is 0 Å². The summed E-state index contributed by atoms with van der Waals surface area (Å²) in [5, 5.41) is 0. The molecule has 0 radical (unpaired) electrons. The van der Waals surface area contributed by atoms with Crippen LogP contribution < -0.4 is 0 Å². The topological polar surface area (TPSA) is 0 Å². The van der Waals surface area contributed by atoms with E-state index in [4.69, 9.17) is 0 Å². The molecule has 162 valence electrons. The highest BCUT2D eigenvalue weighted by atomic mass is 14.3. The molecule has 2 fully saturated rings. The van der Waals surface area contributed by atoms with Crippen molar-refractivity contribution in [1.82, 2.24) is 0 Å². The van der Waals surface area contributed by atoms with Crippen molar-refractivity contribution in [2.24, 2.45) is 23.7 Å². The van der Waals surface area contributed by atoms with E-state index in [1.165, 1.54) is 97.6 Å². The summed E-state index contributed by atoms with van der Waals surface area (Å²) in [6.45, 7) is 9.12. The van der Waals surface area contributed by atoms with Crippen LogP contribution in [0.5, 0.6) is 0 Å². The molecule has 2 aromatic rings. The van der Waals surface area contributed by atoms with Crippen LogP contribution in [0.4, 0.5) is 0 Å². The number of aryl methyl sites for hydroxylation is 3. The molecular weight excluding hydrogens is 360 g/mol. The second kappa shape index (κ2) is 9.71. The molecule has 4 rings (SSSR count). The molecule has 0 heteroatoms. The third-order valence-corrected chi connectivity index (χ3v) is 8.67. The van der Waals surface area contributed by atoms with Gasteiger partial charge < -0.3 is 0 Å². The monoisotopic (exact) mass is 402 g/mol. The number of rotatable bonds is 5. The van der Waals surface area contributed by atoms with E-state index in [1.54, 1.807) is 0 Å². The molecule has 0 bridgehead atoms. The Balaban J connectivity index is 1.26. The van der Waals surface area contributed by atoms with Crippen LogP contribution >= 0.6 is 0 Å². The quantitative estimate of drug-likeness (QED) is 0.468. The fourth-order valence-electron chi connectivity index (χ4n) is 6.14. The molecule has 2 aromatic carbocycles. The lowest BCUT2D eigenvalue weighted by Gasteiger charge is -2.37. The smallest absolute Gasteiger partial charge is 0.0179 e. The fourth-order valence-corrected chi connectivity index (χ4v) is 6.14. The van der Waals surface area contributed by atoms with Gasteiger partial charge in [0.15, 0.2) is 0 Å². The van der Waals surface area contributed by atoms with Crippen molar-refractivity contribution in [2.75, 3.05) is 0 Å². The Bertz CT molecular complexity index is 789. The van der Waals surface area contributed by atoms with Crippen LogP contribution in [0.15, 0.2) is 36.4 Å². The van der Waals surface area contributed by atoms with Gasteiger partial charge in [-0.25, -0.2) is 0 Å². The molecular formula is C30H42. The zero-order valence-electron chi connectivity index (χ0n) is 19.8. The number of hydrogen-bond acceptors (Lipinski definition) is 0. The zero-order valence-corrected chi connectivity index (χ0v) is 19.8. The van der Waals surface area contributed by atoms with E-state index in [-0.39, 0.29) is 0 Å². The first-order chi connectivity index (χ1) is 14.5. The average molecular weight is 403 g/mol. The Morgan fingerprint density at radius 3 is 1.77 bits per heavy atom. The van der Waals surface area contributed by atoms with Crippen LogP contribution in [0.2, 0.25) is 0 Å². The van der Waals surface area contributed by atoms with Crippen molar-refractivity contribution in [2.45, 2.75) is 91.9 Å². The van der Waals surface area contributed by atoms with Crippen molar-refractivity contribution in [3.05, 3.63) is 58.7 Å². The highest BCUT2D eigenvalue weighted by Gasteiger charge is 2.29. The summed E-state index contributed by atoms with van der Waals surface area (Å²) >= 11 is 0. The summed E-state index contributed by atoms with van der Waals surface area (Å²) in [4.78, 5) is 0. The van der Waals surface area contributed by atoms with E-state index in [2.05, 4.69) is 64.1 Å². The van der Waals surface area contributed by atoms with Crippen LogP contribution in [0, 0.1) is 44.4 Å². The average Bonchev–Trinajstić information content (AvgIpc) is 2.77. The van der Waals surface area contributed by atoms with Gasteiger partial charge >= 0.3 is 0 Å². The van der Waals surface area contributed by atoms with E-state index in [9.17, 15) is 0 Å². The maximum absolute atomic E-state index is 2.45. The predicted octanol–water partition coefficient (Wildman–Crippen LogP) is 8.84. The molecule has 2 aliphatic carbocycles. The zero-order chi connectivity index (χ0) is 21.1. The largest absolute Gasteiger partial charge is 0.0625 e. The minimum absolute atomic E-state index is 0.964. The highest BCUT2D eigenvalue weighted by Crippen LogP contribution is 2.42. The van der Waals surface area contributed by atoms with Crippen LogP contribution in [-0.4, -0.2) is 0 Å². The summed E-state index contributed by atoms with van der Waals surface area (Å²) in [6.07, 6.45) is 14.6. The van der Waals surface area contributed by atoms with Gasteiger partial charge in [-0.3, -0.25) is 0 Å². The molecule has 30 heavy (non-hydrogen) atoms. The Hall–Kier alpha value is -1.56. The Morgan fingerprint density at radius 2 is 1.20 bits per heavy atom. The molecule has 0 heterocycles. The van der Waals surface area contributed by atoms with Crippen LogP contribution in [0.25, 0.3) is 11.1 Å². The maximum Gasteiger partial charge on any atom is -0.0179 e. The molecule has 0 aliphatic heterocycles. The summed E-state index contributed by atoms with van der Waals surface area (Å²) in [5.41, 5.74) is 8.44. The standard InChI is InChI=1S/C30H42/c1-21-5-13-27(14-6-21)28-15-9-25(10-16-28)7-8-26-11-17-29(18-12-26)30-19-22(2)24(4)23(3)20-30/h11-12,17-21,25,27-28H,5-10,13-16H2,1-4H3. The molecule has 0 spiro atoms. The van der Waals surface area contributed by atoms with Crippen molar-refractivity contribution >= 4 is 0 Å². The van der Waals surface area contributed by atoms with Gasteiger partial charge in [-0.05, 0) is 116 Å². The lowest BCUT2D eigenvalue weighted by molar-refractivity contribution is 0.148. The molecule has 0 unspecified atom stereocenters. The number of benzene rings is 2. The lowest BCUT2D eigenvalue weighted by atomic mass is 9.69. The van der Waals surface area contributed by atoms with E-state index < -0.39 is 0 Å². The van der Waals surface area contributed by atoms with Crippen LogP contribution in [0.3, 0.4) is 0 Å². The van der Waals surface area contributed by atoms with E-state index in [0.29, 0.717) is 0 Å². The first-order valence-corrected chi connectivity index (χ1v) is 12.7. The normalized spacial score (nSPS) is 27.2. The molecule has 0 atom stereocenters. The van der Waals surface area contributed by atoms with Crippen molar-refractivity contribution in [1.29, 1.82) is 0 Å². The Labute approximate surface area is 185 Å². The molecule has 0 nitrogen and oxygen atoms in total. The van der Waals surface area contributed by atoms with Gasteiger partial charge in [-0.15, -0.1) is 0 Å². The minimum Gasteiger partial charge on any atom is -0.0625 e. The van der Waals surface area contributed by atoms with Gasteiger partial charge in [0.25, 0.3) is 0 Å². The first-order valence-electron chi connectivity index (χ1n) is 12.7. The Kier molecular flexibility index (Phi) is 7.01.